The smallest absolute Gasteiger partial charge is 0.0714 e. The lowest BCUT2D eigenvalue weighted by molar-refractivity contribution is 0.660. The van der Waals surface area contributed by atoms with Gasteiger partial charge in [0.1, 0.15) is 0 Å². The SMILES string of the molecule is CC1(C)c2ccc(N(c3ccc4c(c3)C(c3ccccc3)(c3ccccc3)c3ccccc3-4)c3ccc4c(c3)C(c3ccccc3)(c3ccccc3)c3ccccc3-4)cc2-c2c(-c3ccccc3)cccc21. The van der Waals surface area contributed by atoms with Crippen LogP contribution in [0.2, 0.25) is 0 Å². The van der Waals surface area contributed by atoms with Crippen molar-refractivity contribution in [2.75, 3.05) is 4.90 Å². The third kappa shape index (κ3) is 5.89. The number of hydrogen-bond acceptors (Lipinski definition) is 1. The second-order valence-corrected chi connectivity index (χ2v) is 20.3. The molecule has 3 aliphatic carbocycles. The first-order chi connectivity index (χ1) is 35.5. The Kier molecular flexibility index (Phi) is 9.44. The van der Waals surface area contributed by atoms with Crippen LogP contribution in [-0.4, -0.2) is 0 Å². The molecule has 0 amide bonds. The van der Waals surface area contributed by atoms with Gasteiger partial charge in [-0.2, -0.15) is 0 Å². The zero-order valence-corrected chi connectivity index (χ0v) is 40.4. The summed E-state index contributed by atoms with van der Waals surface area (Å²) in [7, 11) is 0. The average molecular weight is 918 g/mol. The summed E-state index contributed by atoms with van der Waals surface area (Å²) < 4.78 is 0. The maximum Gasteiger partial charge on any atom is 0.0714 e. The molecule has 14 rings (SSSR count). The van der Waals surface area contributed by atoms with Crippen LogP contribution in [-0.2, 0) is 16.2 Å². The fourth-order valence-electron chi connectivity index (χ4n) is 13.4. The van der Waals surface area contributed by atoms with Crippen LogP contribution in [0.3, 0.4) is 0 Å². The highest BCUT2D eigenvalue weighted by Gasteiger charge is 2.48. The van der Waals surface area contributed by atoms with Gasteiger partial charge in [0, 0.05) is 22.5 Å². The first kappa shape index (κ1) is 42.1. The third-order valence-electron chi connectivity index (χ3n) is 16.4. The maximum absolute atomic E-state index is 2.55. The number of hydrogen-bond donors (Lipinski definition) is 0. The standard InChI is InChI=1S/C71H51N/c1-69(2)62-44-41-53(45-61(62)68-56(35-22-38-65(68)69)48-23-8-3-9-24-48)72(54-39-42-59-57-33-18-20-36-63(57)70(66(59)46-54,49-25-10-4-11-26-49)50-27-12-5-13-28-50)55-40-43-60-58-34-19-21-37-64(58)71(67(60)47-55,51-29-14-6-15-30-51)52-31-16-7-17-32-52/h3-47H,1-2H3. The van der Waals surface area contributed by atoms with E-state index in [1.165, 1.54) is 100 Å². The van der Waals surface area contributed by atoms with Gasteiger partial charge >= 0.3 is 0 Å². The molecule has 72 heavy (non-hydrogen) atoms. The predicted octanol–water partition coefficient (Wildman–Crippen LogP) is 17.9. The summed E-state index contributed by atoms with van der Waals surface area (Å²) in [4.78, 5) is 2.55. The van der Waals surface area contributed by atoms with E-state index in [1.807, 2.05) is 0 Å². The fourth-order valence-corrected chi connectivity index (χ4v) is 13.4. The monoisotopic (exact) mass is 917 g/mol. The van der Waals surface area contributed by atoms with E-state index < -0.39 is 10.8 Å². The van der Waals surface area contributed by atoms with Crippen LogP contribution in [0.15, 0.2) is 273 Å². The molecule has 3 aliphatic rings. The quantitative estimate of drug-likeness (QED) is 0.147. The van der Waals surface area contributed by atoms with E-state index >= 15 is 0 Å². The Labute approximate surface area is 423 Å². The van der Waals surface area contributed by atoms with Crippen molar-refractivity contribution >= 4 is 17.1 Å². The Hall–Kier alpha value is -8.78. The Morgan fingerprint density at radius 2 is 0.611 bits per heavy atom. The molecule has 1 nitrogen and oxygen atoms in total. The van der Waals surface area contributed by atoms with Gasteiger partial charge in [-0.3, -0.25) is 0 Å². The van der Waals surface area contributed by atoms with E-state index in [-0.39, 0.29) is 5.41 Å². The molecule has 0 heterocycles. The lowest BCUT2D eigenvalue weighted by Gasteiger charge is -2.36. The molecule has 0 fully saturated rings. The molecular weight excluding hydrogens is 867 g/mol. The van der Waals surface area contributed by atoms with Crippen LogP contribution in [0, 0.1) is 0 Å². The third-order valence-corrected chi connectivity index (χ3v) is 16.4. The molecule has 0 spiro atoms. The number of anilines is 3. The zero-order valence-electron chi connectivity index (χ0n) is 40.4. The molecule has 340 valence electrons. The van der Waals surface area contributed by atoms with Crippen LogP contribution in [0.25, 0.3) is 44.5 Å². The minimum Gasteiger partial charge on any atom is -0.310 e. The molecule has 0 aromatic heterocycles. The zero-order chi connectivity index (χ0) is 48.0. The lowest BCUT2D eigenvalue weighted by atomic mass is 9.67. The highest BCUT2D eigenvalue weighted by Crippen LogP contribution is 2.60. The van der Waals surface area contributed by atoms with Crippen molar-refractivity contribution in [3.8, 4) is 44.5 Å². The van der Waals surface area contributed by atoms with Crippen molar-refractivity contribution in [2.24, 2.45) is 0 Å². The second kappa shape index (κ2) is 16.1. The lowest BCUT2D eigenvalue weighted by Crippen LogP contribution is -2.29. The Balaban J connectivity index is 1.06. The molecule has 0 radical (unpaired) electrons. The summed E-state index contributed by atoms with van der Waals surface area (Å²) >= 11 is 0. The molecule has 11 aromatic rings. The van der Waals surface area contributed by atoms with Crippen molar-refractivity contribution in [2.45, 2.75) is 30.1 Å². The van der Waals surface area contributed by atoms with Gasteiger partial charge in [0.2, 0.25) is 0 Å². The van der Waals surface area contributed by atoms with Crippen LogP contribution in [0.4, 0.5) is 17.1 Å². The minimum atomic E-state index is -0.559. The normalized spacial score (nSPS) is 14.6. The molecule has 0 atom stereocenters. The van der Waals surface area contributed by atoms with Gasteiger partial charge in [0.15, 0.2) is 0 Å². The minimum absolute atomic E-state index is 0.187. The van der Waals surface area contributed by atoms with E-state index in [4.69, 9.17) is 0 Å². The maximum atomic E-state index is 2.55. The molecule has 0 unspecified atom stereocenters. The van der Waals surface area contributed by atoms with Crippen molar-refractivity contribution in [3.63, 3.8) is 0 Å². The second-order valence-electron chi connectivity index (χ2n) is 20.3. The van der Waals surface area contributed by atoms with E-state index in [0.29, 0.717) is 0 Å². The summed E-state index contributed by atoms with van der Waals surface area (Å²) in [5, 5.41) is 0. The highest BCUT2D eigenvalue weighted by atomic mass is 15.1. The van der Waals surface area contributed by atoms with Crippen molar-refractivity contribution in [1.29, 1.82) is 0 Å². The molecule has 11 aromatic carbocycles. The molecule has 0 bridgehead atoms. The van der Waals surface area contributed by atoms with Crippen molar-refractivity contribution < 1.29 is 0 Å². The summed E-state index contributed by atoms with van der Waals surface area (Å²) in [6, 6.07) is 102. The van der Waals surface area contributed by atoms with Gasteiger partial charge in [0.05, 0.1) is 10.8 Å². The number of fused-ring (bicyclic) bond motifs is 9. The summed E-state index contributed by atoms with van der Waals surface area (Å²) in [5.74, 6) is 0. The van der Waals surface area contributed by atoms with Gasteiger partial charge in [-0.15, -0.1) is 0 Å². The van der Waals surface area contributed by atoms with Gasteiger partial charge in [-0.1, -0.05) is 250 Å². The molecule has 0 saturated carbocycles. The molecular formula is C71H51N. The van der Waals surface area contributed by atoms with Crippen molar-refractivity contribution in [3.05, 3.63) is 329 Å². The molecule has 1 heteroatoms. The highest BCUT2D eigenvalue weighted by molar-refractivity contribution is 5.97. The average Bonchev–Trinajstić information content (AvgIpc) is 4.01. The number of nitrogens with zero attached hydrogens (tertiary/aromatic N) is 1. The van der Waals surface area contributed by atoms with Gasteiger partial charge < -0.3 is 4.90 Å². The van der Waals surface area contributed by atoms with Crippen LogP contribution in [0.1, 0.15) is 69.5 Å². The van der Waals surface area contributed by atoms with E-state index in [9.17, 15) is 0 Å². The Morgan fingerprint density at radius 3 is 1.08 bits per heavy atom. The van der Waals surface area contributed by atoms with Crippen molar-refractivity contribution in [1.82, 2.24) is 0 Å². The number of rotatable bonds is 8. The summed E-state index contributed by atoms with van der Waals surface area (Å²) in [5.41, 5.74) is 25.0. The molecule has 0 N–H and O–H groups in total. The Morgan fingerprint density at radius 1 is 0.250 bits per heavy atom. The van der Waals surface area contributed by atoms with Gasteiger partial charge in [-0.05, 0) is 137 Å². The van der Waals surface area contributed by atoms with E-state index in [0.717, 1.165) is 17.1 Å². The van der Waals surface area contributed by atoms with Crippen LogP contribution >= 0.6 is 0 Å². The van der Waals surface area contributed by atoms with Gasteiger partial charge in [0.25, 0.3) is 0 Å². The Bertz CT molecular complexity index is 3610. The summed E-state index contributed by atoms with van der Waals surface area (Å²) in [6.07, 6.45) is 0. The topological polar surface area (TPSA) is 3.24 Å². The fraction of sp³-hybridized carbons (Fsp3) is 0.0704. The van der Waals surface area contributed by atoms with E-state index in [2.05, 4.69) is 292 Å². The largest absolute Gasteiger partial charge is 0.310 e. The molecule has 0 saturated heterocycles. The summed E-state index contributed by atoms with van der Waals surface area (Å²) in [6.45, 7) is 4.78. The van der Waals surface area contributed by atoms with Crippen LogP contribution < -0.4 is 4.90 Å². The first-order valence-corrected chi connectivity index (χ1v) is 25.3. The predicted molar refractivity (Wildman–Crippen MR) is 299 cm³/mol. The van der Waals surface area contributed by atoms with Crippen LogP contribution in [0.5, 0.6) is 0 Å². The first-order valence-electron chi connectivity index (χ1n) is 25.3. The van der Waals surface area contributed by atoms with E-state index in [1.54, 1.807) is 0 Å². The van der Waals surface area contributed by atoms with Gasteiger partial charge in [-0.25, -0.2) is 0 Å². The molecule has 0 aliphatic heterocycles. The number of benzene rings is 11.